The lowest BCUT2D eigenvalue weighted by molar-refractivity contribution is 0.405. The van der Waals surface area contributed by atoms with E-state index in [-0.39, 0.29) is 0 Å². The molecule has 0 saturated heterocycles. The average Bonchev–Trinajstić information content (AvgIpc) is 1.62. The van der Waals surface area contributed by atoms with Crippen LogP contribution in [0.5, 0.6) is 0 Å². The molecule has 0 aromatic carbocycles. The molecule has 0 heterocycles. The van der Waals surface area contributed by atoms with E-state index in [0.717, 1.165) is 6.54 Å². The smallest absolute Gasteiger partial charge is 0.306 e. The van der Waals surface area contributed by atoms with Crippen LogP contribution in [-0.4, -0.2) is 35.3 Å². The van der Waals surface area contributed by atoms with Gasteiger partial charge >= 0.3 is 8.25 Å². The summed E-state index contributed by atoms with van der Waals surface area (Å²) >= 11 is 0. The molecule has 0 aromatic heterocycles. The Morgan fingerprint density at radius 1 is 1.60 bits per heavy atom. The predicted molar refractivity (Wildman–Crippen MR) is 40.8 cm³/mol. The molecule has 5 heteroatoms. The van der Waals surface area contributed by atoms with Gasteiger partial charge in [0.05, 0.1) is 0 Å². The third-order valence-corrected chi connectivity index (χ3v) is 0.494. The summed E-state index contributed by atoms with van der Waals surface area (Å²) in [6.07, 6.45) is 1.88. The van der Waals surface area contributed by atoms with E-state index in [1.807, 2.05) is 20.2 Å². The van der Waals surface area contributed by atoms with Crippen LogP contribution in [0.1, 0.15) is 0 Å². The molecular weight excluding hydrogens is 153 g/mol. The summed E-state index contributed by atoms with van der Waals surface area (Å²) in [6.45, 7) is 4.53. The van der Waals surface area contributed by atoms with Crippen LogP contribution in [-0.2, 0) is 4.57 Å². The van der Waals surface area contributed by atoms with Crippen LogP contribution in [0.15, 0.2) is 12.7 Å². The molecule has 0 aromatic rings. The van der Waals surface area contributed by atoms with Crippen molar-refractivity contribution >= 4 is 8.25 Å². The fraction of sp³-hybridized carbons (Fsp3) is 0.600. The molecule has 10 heavy (non-hydrogen) atoms. The van der Waals surface area contributed by atoms with E-state index in [9.17, 15) is 0 Å². The predicted octanol–water partition coefficient (Wildman–Crippen LogP) is 0.362. The zero-order valence-corrected chi connectivity index (χ0v) is 7.08. The first-order valence-electron chi connectivity index (χ1n) is 2.61. The summed E-state index contributed by atoms with van der Waals surface area (Å²) in [5.74, 6) is 0. The van der Waals surface area contributed by atoms with Gasteiger partial charge in [0.2, 0.25) is 0 Å². The van der Waals surface area contributed by atoms with Crippen LogP contribution in [0.25, 0.3) is 0 Å². The zero-order valence-electron chi connectivity index (χ0n) is 6.19. The molecule has 0 aliphatic heterocycles. The van der Waals surface area contributed by atoms with E-state index in [1.165, 1.54) is 0 Å². The van der Waals surface area contributed by atoms with Gasteiger partial charge in [0.1, 0.15) is 0 Å². The van der Waals surface area contributed by atoms with E-state index in [1.54, 1.807) is 0 Å². The molecule has 0 amide bonds. The lowest BCUT2D eigenvalue weighted by Gasteiger charge is -2.01. The molecule has 0 rings (SSSR count). The average molecular weight is 166 g/mol. The summed E-state index contributed by atoms with van der Waals surface area (Å²) in [5.41, 5.74) is 0. The molecule has 60 valence electrons. The Labute approximate surface area is 61.7 Å². The summed E-state index contributed by atoms with van der Waals surface area (Å²) in [4.78, 5) is 16.3. The molecule has 0 aliphatic carbocycles. The minimum absolute atomic E-state index is 0.972. The van der Waals surface area contributed by atoms with Crippen molar-refractivity contribution in [2.75, 3.05) is 20.6 Å². The summed E-state index contributed by atoms with van der Waals surface area (Å²) in [7, 11) is 1.16. The molecule has 0 fully saturated rings. The van der Waals surface area contributed by atoms with Gasteiger partial charge in [-0.15, -0.1) is 16.4 Å². The van der Waals surface area contributed by atoms with Crippen molar-refractivity contribution in [3.8, 4) is 0 Å². The maximum absolute atomic E-state index is 8.70. The second-order valence-electron chi connectivity index (χ2n) is 1.80. The molecule has 0 aliphatic rings. The number of hydrogen-bond donors (Lipinski definition) is 2. The number of hydrogen-bond acceptors (Lipinski definition) is 2. The van der Waals surface area contributed by atoms with Gasteiger partial charge < -0.3 is 4.90 Å². The lowest BCUT2D eigenvalue weighted by atomic mass is 10.6. The van der Waals surface area contributed by atoms with Crippen molar-refractivity contribution in [2.24, 2.45) is 0 Å². The molecular formula is C5H13NO3P+. The molecule has 0 spiro atoms. The van der Waals surface area contributed by atoms with Crippen molar-refractivity contribution in [1.82, 2.24) is 4.90 Å². The Kier molecular flexibility index (Phi) is 10.8. The maximum atomic E-state index is 8.70. The normalized spacial score (nSPS) is 8.10. The van der Waals surface area contributed by atoms with Crippen LogP contribution in [0.4, 0.5) is 0 Å². The number of nitrogens with zero attached hydrogens (tertiary/aromatic N) is 1. The summed E-state index contributed by atoms with van der Waals surface area (Å²) in [5, 5.41) is 0. The zero-order chi connectivity index (χ0) is 8.57. The number of rotatable bonds is 2. The van der Waals surface area contributed by atoms with Crippen LogP contribution >= 0.6 is 8.25 Å². The van der Waals surface area contributed by atoms with E-state index in [4.69, 9.17) is 14.4 Å². The first-order valence-corrected chi connectivity index (χ1v) is 3.77. The highest BCUT2D eigenvalue weighted by molar-refractivity contribution is 7.30. The second-order valence-corrected chi connectivity index (χ2v) is 2.31. The SMILES string of the molecule is C=CCN(C)C.O=[P+](O)O. The van der Waals surface area contributed by atoms with Gasteiger partial charge in [-0.2, -0.15) is 0 Å². The minimum Gasteiger partial charge on any atom is -0.306 e. The van der Waals surface area contributed by atoms with Crippen LogP contribution in [0.2, 0.25) is 0 Å². The van der Waals surface area contributed by atoms with E-state index in [0.29, 0.717) is 0 Å². The molecule has 0 radical (unpaired) electrons. The van der Waals surface area contributed by atoms with Crippen molar-refractivity contribution in [3.63, 3.8) is 0 Å². The van der Waals surface area contributed by atoms with Gasteiger partial charge in [0.15, 0.2) is 0 Å². The second kappa shape index (κ2) is 8.72. The standard InChI is InChI=1S/C5H11N.HO3P/c1-4-5-6(2)3;1-4(2)3/h4H,1,5H2,2-3H3;(H-,1,2,3)/p+1. The Hall–Kier alpha value is -0.280. The van der Waals surface area contributed by atoms with Gasteiger partial charge in [0, 0.05) is 11.1 Å². The van der Waals surface area contributed by atoms with E-state index in [2.05, 4.69) is 11.5 Å². The molecule has 0 saturated carbocycles. The minimum atomic E-state index is -2.87. The third kappa shape index (κ3) is 47.1. The summed E-state index contributed by atoms with van der Waals surface area (Å²) < 4.78 is 8.70. The lowest BCUT2D eigenvalue weighted by Crippen LogP contribution is -2.09. The topological polar surface area (TPSA) is 60.8 Å². The van der Waals surface area contributed by atoms with Gasteiger partial charge in [-0.25, -0.2) is 0 Å². The van der Waals surface area contributed by atoms with E-state index >= 15 is 0 Å². The van der Waals surface area contributed by atoms with Gasteiger partial charge in [-0.1, -0.05) is 6.08 Å². The van der Waals surface area contributed by atoms with Crippen LogP contribution in [0, 0.1) is 0 Å². The molecule has 0 bridgehead atoms. The highest BCUT2D eigenvalue weighted by Crippen LogP contribution is 1.98. The van der Waals surface area contributed by atoms with Crippen molar-refractivity contribution in [3.05, 3.63) is 12.7 Å². The van der Waals surface area contributed by atoms with Gasteiger partial charge in [0.25, 0.3) is 0 Å². The van der Waals surface area contributed by atoms with Crippen LogP contribution < -0.4 is 0 Å². The van der Waals surface area contributed by atoms with Gasteiger partial charge in [-0.05, 0) is 14.1 Å². The largest absolute Gasteiger partial charge is 0.692 e. The van der Waals surface area contributed by atoms with Crippen molar-refractivity contribution < 1.29 is 14.4 Å². The van der Waals surface area contributed by atoms with Crippen molar-refractivity contribution in [1.29, 1.82) is 0 Å². The molecule has 0 atom stereocenters. The highest BCUT2D eigenvalue weighted by atomic mass is 31.1. The first-order chi connectivity index (χ1) is 4.50. The van der Waals surface area contributed by atoms with Crippen LogP contribution in [0.3, 0.4) is 0 Å². The Balaban J connectivity index is 0. The molecule has 2 N–H and O–H groups in total. The molecule has 4 nitrogen and oxygen atoms in total. The number of likely N-dealkylation sites (N-methyl/N-ethyl adjacent to an activating group) is 1. The highest BCUT2D eigenvalue weighted by Gasteiger charge is 1.93. The fourth-order valence-electron chi connectivity index (χ4n) is 0.258. The fourth-order valence-corrected chi connectivity index (χ4v) is 0.258. The monoisotopic (exact) mass is 166 g/mol. The molecule has 0 unspecified atom stereocenters. The first kappa shape index (κ1) is 12.4. The quantitative estimate of drug-likeness (QED) is 0.459. The Morgan fingerprint density at radius 3 is 1.90 bits per heavy atom. The summed E-state index contributed by atoms with van der Waals surface area (Å²) in [6, 6.07) is 0. The van der Waals surface area contributed by atoms with E-state index < -0.39 is 8.25 Å². The van der Waals surface area contributed by atoms with Crippen molar-refractivity contribution in [2.45, 2.75) is 0 Å². The Bertz CT molecular complexity index is 101. The third-order valence-electron chi connectivity index (χ3n) is 0.494. The maximum Gasteiger partial charge on any atom is 0.692 e. The Morgan fingerprint density at radius 2 is 1.90 bits per heavy atom. The van der Waals surface area contributed by atoms with Gasteiger partial charge in [-0.3, -0.25) is 0 Å².